The quantitative estimate of drug-likeness (QED) is 0.821. The van der Waals surface area contributed by atoms with Gasteiger partial charge in [-0.2, -0.15) is 0 Å². The van der Waals surface area contributed by atoms with Crippen molar-refractivity contribution >= 4 is 5.91 Å². The van der Waals surface area contributed by atoms with Crippen LogP contribution in [0.3, 0.4) is 0 Å². The lowest BCUT2D eigenvalue weighted by Gasteiger charge is -2.36. The fourth-order valence-corrected chi connectivity index (χ4v) is 3.61. The van der Waals surface area contributed by atoms with E-state index in [4.69, 9.17) is 0 Å². The van der Waals surface area contributed by atoms with Crippen LogP contribution in [0.4, 0.5) is 0 Å². The molecule has 4 unspecified atom stereocenters. The molecule has 19 heavy (non-hydrogen) atoms. The van der Waals surface area contributed by atoms with Gasteiger partial charge in [-0.3, -0.25) is 4.79 Å². The van der Waals surface area contributed by atoms with Gasteiger partial charge in [0.05, 0.1) is 6.04 Å². The zero-order valence-corrected chi connectivity index (χ0v) is 12.7. The van der Waals surface area contributed by atoms with Crippen molar-refractivity contribution in [2.24, 2.45) is 11.8 Å². The Hall–Kier alpha value is -0.570. The third-order valence-corrected chi connectivity index (χ3v) is 5.27. The first kappa shape index (κ1) is 14.8. The SMILES string of the molecule is CC(NC1CCCC(C)C1C)C(=O)NC1CCCC1. The third-order valence-electron chi connectivity index (χ3n) is 5.27. The van der Waals surface area contributed by atoms with Gasteiger partial charge in [0.2, 0.25) is 5.91 Å². The van der Waals surface area contributed by atoms with E-state index in [1.165, 1.54) is 32.1 Å². The fourth-order valence-electron chi connectivity index (χ4n) is 3.61. The van der Waals surface area contributed by atoms with Crippen molar-refractivity contribution < 1.29 is 4.79 Å². The summed E-state index contributed by atoms with van der Waals surface area (Å²) >= 11 is 0. The second kappa shape index (κ2) is 6.74. The number of carbonyl (C=O) groups is 1. The van der Waals surface area contributed by atoms with Gasteiger partial charge in [0.25, 0.3) is 0 Å². The van der Waals surface area contributed by atoms with E-state index in [9.17, 15) is 4.79 Å². The molecule has 0 aromatic carbocycles. The van der Waals surface area contributed by atoms with Crippen LogP contribution >= 0.6 is 0 Å². The number of carbonyl (C=O) groups excluding carboxylic acids is 1. The molecule has 0 aromatic rings. The van der Waals surface area contributed by atoms with Crippen LogP contribution in [0.5, 0.6) is 0 Å². The van der Waals surface area contributed by atoms with Gasteiger partial charge in [-0.05, 0) is 38.0 Å². The standard InChI is InChI=1S/C16H30N2O/c1-11-7-6-10-15(12(11)2)17-13(3)16(19)18-14-8-4-5-9-14/h11-15,17H,4-10H2,1-3H3,(H,18,19). The molecule has 0 aromatic heterocycles. The molecule has 110 valence electrons. The van der Waals surface area contributed by atoms with Crippen molar-refractivity contribution in [3.63, 3.8) is 0 Å². The third kappa shape index (κ3) is 3.95. The van der Waals surface area contributed by atoms with Crippen LogP contribution < -0.4 is 10.6 Å². The molecule has 2 rings (SSSR count). The zero-order chi connectivity index (χ0) is 13.8. The van der Waals surface area contributed by atoms with E-state index >= 15 is 0 Å². The second-order valence-electron chi connectivity index (χ2n) is 6.75. The number of nitrogens with one attached hydrogen (secondary N) is 2. The molecule has 0 radical (unpaired) electrons. The van der Waals surface area contributed by atoms with E-state index in [1.807, 2.05) is 6.92 Å². The minimum Gasteiger partial charge on any atom is -0.352 e. The van der Waals surface area contributed by atoms with Crippen molar-refractivity contribution in [2.45, 2.75) is 83.8 Å². The van der Waals surface area contributed by atoms with Crippen molar-refractivity contribution in [3.8, 4) is 0 Å². The van der Waals surface area contributed by atoms with Crippen LogP contribution in [0, 0.1) is 11.8 Å². The molecule has 3 nitrogen and oxygen atoms in total. The minimum absolute atomic E-state index is 0.0571. The molecule has 2 fully saturated rings. The second-order valence-corrected chi connectivity index (χ2v) is 6.75. The Labute approximate surface area is 117 Å². The first-order chi connectivity index (χ1) is 9.08. The lowest BCUT2D eigenvalue weighted by Crippen LogP contribution is -2.52. The lowest BCUT2D eigenvalue weighted by molar-refractivity contribution is -0.123. The molecule has 4 atom stereocenters. The Morgan fingerprint density at radius 3 is 2.42 bits per heavy atom. The van der Waals surface area contributed by atoms with Crippen molar-refractivity contribution in [1.82, 2.24) is 10.6 Å². The fraction of sp³-hybridized carbons (Fsp3) is 0.938. The largest absolute Gasteiger partial charge is 0.352 e. The molecular weight excluding hydrogens is 236 g/mol. The van der Waals surface area contributed by atoms with Gasteiger partial charge >= 0.3 is 0 Å². The molecule has 0 heterocycles. The molecule has 0 spiro atoms. The van der Waals surface area contributed by atoms with E-state index in [2.05, 4.69) is 24.5 Å². The van der Waals surface area contributed by atoms with Gasteiger partial charge < -0.3 is 10.6 Å². The molecule has 0 saturated heterocycles. The first-order valence-corrected chi connectivity index (χ1v) is 8.14. The normalized spacial score (nSPS) is 34.2. The maximum Gasteiger partial charge on any atom is 0.237 e. The lowest BCUT2D eigenvalue weighted by atomic mass is 9.78. The Balaban J connectivity index is 1.78. The van der Waals surface area contributed by atoms with Crippen molar-refractivity contribution in [1.29, 1.82) is 0 Å². The van der Waals surface area contributed by atoms with Crippen LogP contribution in [-0.4, -0.2) is 24.0 Å². The van der Waals surface area contributed by atoms with Gasteiger partial charge in [0, 0.05) is 12.1 Å². The minimum atomic E-state index is -0.0571. The van der Waals surface area contributed by atoms with Crippen molar-refractivity contribution in [3.05, 3.63) is 0 Å². The van der Waals surface area contributed by atoms with Crippen LogP contribution in [0.25, 0.3) is 0 Å². The van der Waals surface area contributed by atoms with Gasteiger partial charge in [0.1, 0.15) is 0 Å². The Morgan fingerprint density at radius 1 is 1.05 bits per heavy atom. The highest BCUT2D eigenvalue weighted by molar-refractivity contribution is 5.81. The van der Waals surface area contributed by atoms with Gasteiger partial charge in [-0.25, -0.2) is 0 Å². The highest BCUT2D eigenvalue weighted by Gasteiger charge is 2.29. The maximum atomic E-state index is 12.2. The monoisotopic (exact) mass is 266 g/mol. The van der Waals surface area contributed by atoms with Gasteiger partial charge in [0.15, 0.2) is 0 Å². The molecule has 2 aliphatic carbocycles. The van der Waals surface area contributed by atoms with E-state index in [-0.39, 0.29) is 11.9 Å². The number of rotatable bonds is 4. The number of hydrogen-bond acceptors (Lipinski definition) is 2. The van der Waals surface area contributed by atoms with Gasteiger partial charge in [-0.15, -0.1) is 0 Å². The molecule has 3 heteroatoms. The van der Waals surface area contributed by atoms with Crippen LogP contribution in [0.15, 0.2) is 0 Å². The summed E-state index contributed by atoms with van der Waals surface area (Å²) in [6.45, 7) is 6.67. The Kier molecular flexibility index (Phi) is 5.26. The molecule has 2 N–H and O–H groups in total. The van der Waals surface area contributed by atoms with E-state index in [0.29, 0.717) is 18.0 Å². The van der Waals surface area contributed by atoms with Crippen LogP contribution in [0.2, 0.25) is 0 Å². The number of amides is 1. The molecule has 0 aliphatic heterocycles. The van der Waals surface area contributed by atoms with E-state index in [0.717, 1.165) is 18.8 Å². The van der Waals surface area contributed by atoms with Crippen LogP contribution in [-0.2, 0) is 4.79 Å². The summed E-state index contributed by atoms with van der Waals surface area (Å²) in [7, 11) is 0. The Morgan fingerprint density at radius 2 is 1.74 bits per heavy atom. The molecular formula is C16H30N2O. The molecule has 2 aliphatic rings. The average Bonchev–Trinajstić information content (AvgIpc) is 2.87. The molecule has 1 amide bonds. The summed E-state index contributed by atoms with van der Waals surface area (Å²) in [5.41, 5.74) is 0. The average molecular weight is 266 g/mol. The smallest absolute Gasteiger partial charge is 0.237 e. The number of hydrogen-bond donors (Lipinski definition) is 2. The van der Waals surface area contributed by atoms with E-state index in [1.54, 1.807) is 0 Å². The predicted octanol–water partition coefficient (Wildman–Crippen LogP) is 2.85. The topological polar surface area (TPSA) is 41.1 Å². The molecule has 0 bridgehead atoms. The predicted molar refractivity (Wildman–Crippen MR) is 79.0 cm³/mol. The summed E-state index contributed by atoms with van der Waals surface area (Å²) in [4.78, 5) is 12.2. The highest BCUT2D eigenvalue weighted by Crippen LogP contribution is 2.29. The van der Waals surface area contributed by atoms with Crippen molar-refractivity contribution in [2.75, 3.05) is 0 Å². The highest BCUT2D eigenvalue weighted by atomic mass is 16.2. The zero-order valence-electron chi connectivity index (χ0n) is 12.7. The molecule has 2 saturated carbocycles. The Bertz CT molecular complexity index is 299. The first-order valence-electron chi connectivity index (χ1n) is 8.14. The summed E-state index contributed by atoms with van der Waals surface area (Å²) < 4.78 is 0. The van der Waals surface area contributed by atoms with Gasteiger partial charge in [-0.1, -0.05) is 39.5 Å². The summed E-state index contributed by atoms with van der Waals surface area (Å²) in [5.74, 6) is 1.64. The van der Waals surface area contributed by atoms with E-state index < -0.39 is 0 Å². The summed E-state index contributed by atoms with van der Waals surface area (Å²) in [6, 6.07) is 0.880. The maximum absolute atomic E-state index is 12.2. The van der Waals surface area contributed by atoms with Crippen LogP contribution in [0.1, 0.15) is 65.7 Å². The summed E-state index contributed by atoms with van der Waals surface area (Å²) in [6.07, 6.45) is 8.70. The summed E-state index contributed by atoms with van der Waals surface area (Å²) in [5, 5.41) is 6.75.